The minimum Gasteiger partial charge on any atom is -0.466 e. The first-order valence-electron chi connectivity index (χ1n) is 9.28. The number of nitrogens with zero attached hydrogens (tertiary/aromatic N) is 1. The molecule has 27 heavy (non-hydrogen) atoms. The zero-order valence-electron chi connectivity index (χ0n) is 15.3. The Morgan fingerprint density at radius 3 is 2.93 bits per heavy atom. The number of alkyl halides is 1. The molecule has 1 aromatic carbocycles. The number of nitrogens with one attached hydrogen (secondary N) is 1. The molecule has 1 aliphatic carbocycles. The number of para-hydroxylation sites is 1. The summed E-state index contributed by atoms with van der Waals surface area (Å²) in [5, 5.41) is 3.25. The van der Waals surface area contributed by atoms with Crippen LogP contribution in [0.3, 0.4) is 0 Å². The van der Waals surface area contributed by atoms with E-state index in [4.69, 9.17) is 16.3 Å². The molecule has 4 atom stereocenters. The van der Waals surface area contributed by atoms with E-state index in [1.165, 1.54) is 7.11 Å². The lowest BCUT2D eigenvalue weighted by atomic mass is 9.55. The van der Waals surface area contributed by atoms with Gasteiger partial charge in [-0.15, -0.1) is 11.6 Å². The minimum atomic E-state index is -0.516. The van der Waals surface area contributed by atoms with Crippen LogP contribution in [0, 0.1) is 5.41 Å². The van der Waals surface area contributed by atoms with Crippen LogP contribution in [0.4, 0.5) is 5.69 Å². The van der Waals surface area contributed by atoms with Gasteiger partial charge in [0.2, 0.25) is 5.91 Å². The van der Waals surface area contributed by atoms with Crippen LogP contribution in [-0.2, 0) is 19.7 Å². The van der Waals surface area contributed by atoms with Gasteiger partial charge in [0.1, 0.15) is 0 Å². The molecule has 1 spiro atoms. The van der Waals surface area contributed by atoms with Gasteiger partial charge < -0.3 is 15.0 Å². The first kappa shape index (κ1) is 16.9. The van der Waals surface area contributed by atoms with E-state index >= 15 is 0 Å². The Morgan fingerprint density at radius 2 is 2.19 bits per heavy atom. The number of carbonyl (C=O) groups is 2. The first-order chi connectivity index (χ1) is 13.0. The largest absolute Gasteiger partial charge is 0.466 e. The number of methoxy groups -OCH3 is 1. The van der Waals surface area contributed by atoms with Crippen molar-refractivity contribution in [3.8, 4) is 0 Å². The summed E-state index contributed by atoms with van der Waals surface area (Å²) >= 11 is 6.77. The van der Waals surface area contributed by atoms with Crippen LogP contribution in [-0.4, -0.2) is 41.8 Å². The third kappa shape index (κ3) is 1.85. The van der Waals surface area contributed by atoms with Crippen molar-refractivity contribution in [2.75, 3.05) is 19.0 Å². The second-order valence-electron chi connectivity index (χ2n) is 7.91. The van der Waals surface area contributed by atoms with E-state index in [1.807, 2.05) is 36.1 Å². The van der Waals surface area contributed by atoms with Crippen LogP contribution in [0.5, 0.6) is 0 Å². The zero-order chi connectivity index (χ0) is 19.0. The highest BCUT2D eigenvalue weighted by Crippen LogP contribution is 2.64. The average molecular weight is 385 g/mol. The van der Waals surface area contributed by atoms with Crippen molar-refractivity contribution >= 4 is 29.2 Å². The van der Waals surface area contributed by atoms with Gasteiger partial charge in [-0.3, -0.25) is 4.79 Å². The summed E-state index contributed by atoms with van der Waals surface area (Å²) in [6.07, 6.45) is 4.79. The summed E-state index contributed by atoms with van der Waals surface area (Å²) < 4.78 is 5.14. The smallest absolute Gasteiger partial charge is 0.335 e. The van der Waals surface area contributed by atoms with Crippen molar-refractivity contribution < 1.29 is 14.3 Å². The van der Waals surface area contributed by atoms with E-state index in [0.717, 1.165) is 23.4 Å². The number of carbonyl (C=O) groups excluding carboxylic acids is 2. The maximum Gasteiger partial charge on any atom is 0.335 e. The summed E-state index contributed by atoms with van der Waals surface area (Å²) in [6, 6.07) is 8.01. The predicted octanol–water partition coefficient (Wildman–Crippen LogP) is 2.97. The Kier molecular flexibility index (Phi) is 3.36. The molecule has 0 radical (unpaired) electrons. The molecule has 1 aromatic rings. The van der Waals surface area contributed by atoms with Crippen LogP contribution < -0.4 is 5.32 Å². The van der Waals surface area contributed by atoms with Gasteiger partial charge in [0.15, 0.2) is 0 Å². The van der Waals surface area contributed by atoms with Gasteiger partial charge in [-0.05, 0) is 37.5 Å². The molecular formula is C21H21ClN2O3. The SMILES string of the molecule is COC(=O)C1=C2Nc3ccccc3[C@@]23CCN2C(=O)C=C[C@](C(C)Cl)(C1)[C@H]23. The van der Waals surface area contributed by atoms with E-state index in [0.29, 0.717) is 18.5 Å². The van der Waals surface area contributed by atoms with Gasteiger partial charge in [-0.2, -0.15) is 0 Å². The van der Waals surface area contributed by atoms with Crippen molar-refractivity contribution in [1.29, 1.82) is 0 Å². The fraction of sp³-hybridized carbons (Fsp3) is 0.429. The molecule has 1 unspecified atom stereocenters. The number of amides is 1. The summed E-state index contributed by atoms with van der Waals surface area (Å²) in [4.78, 5) is 27.4. The maximum absolute atomic E-state index is 12.8. The normalized spacial score (nSPS) is 34.0. The molecule has 1 saturated heterocycles. The molecule has 1 amide bonds. The molecule has 3 aliphatic heterocycles. The third-order valence-electron chi connectivity index (χ3n) is 6.92. The van der Waals surface area contributed by atoms with E-state index in [9.17, 15) is 9.59 Å². The van der Waals surface area contributed by atoms with Crippen molar-refractivity contribution in [1.82, 2.24) is 4.90 Å². The predicted molar refractivity (Wildman–Crippen MR) is 102 cm³/mol. The van der Waals surface area contributed by atoms with Gasteiger partial charge >= 0.3 is 5.97 Å². The Labute approximate surface area is 163 Å². The second-order valence-corrected chi connectivity index (χ2v) is 8.56. The fourth-order valence-electron chi connectivity index (χ4n) is 5.82. The van der Waals surface area contributed by atoms with E-state index in [-0.39, 0.29) is 23.3 Å². The highest BCUT2D eigenvalue weighted by molar-refractivity contribution is 6.21. The Balaban J connectivity index is 1.86. The summed E-state index contributed by atoms with van der Waals surface area (Å²) in [5.41, 5.74) is 2.69. The lowest BCUT2D eigenvalue weighted by Crippen LogP contribution is -2.62. The molecule has 5 nitrogen and oxygen atoms in total. The minimum absolute atomic E-state index is 0.0232. The first-order valence-corrected chi connectivity index (χ1v) is 9.72. The number of anilines is 1. The van der Waals surface area contributed by atoms with Crippen LogP contribution in [0.15, 0.2) is 47.7 Å². The lowest BCUT2D eigenvalue weighted by molar-refractivity contribution is -0.137. The van der Waals surface area contributed by atoms with Crippen LogP contribution >= 0.6 is 11.6 Å². The van der Waals surface area contributed by atoms with Crippen LogP contribution in [0.2, 0.25) is 0 Å². The van der Waals surface area contributed by atoms with Gasteiger partial charge in [0.25, 0.3) is 0 Å². The third-order valence-corrected chi connectivity index (χ3v) is 7.33. The number of hydrogen-bond donors (Lipinski definition) is 1. The molecule has 140 valence electrons. The Morgan fingerprint density at radius 1 is 1.41 bits per heavy atom. The fourth-order valence-corrected chi connectivity index (χ4v) is 6.09. The molecule has 4 aliphatic rings. The number of halogens is 1. The molecular weight excluding hydrogens is 364 g/mol. The number of hydrogen-bond acceptors (Lipinski definition) is 4. The molecule has 5 rings (SSSR count). The molecule has 0 aromatic heterocycles. The summed E-state index contributed by atoms with van der Waals surface area (Å²) in [6.45, 7) is 2.60. The van der Waals surface area contributed by atoms with E-state index < -0.39 is 10.8 Å². The monoisotopic (exact) mass is 384 g/mol. The summed E-state index contributed by atoms with van der Waals surface area (Å²) in [5.74, 6) is -0.307. The second kappa shape index (κ2) is 5.38. The number of ether oxygens (including phenoxy) is 1. The van der Waals surface area contributed by atoms with Crippen molar-refractivity contribution in [3.05, 3.63) is 53.3 Å². The molecule has 1 N–H and O–H groups in total. The molecule has 0 saturated carbocycles. The van der Waals surface area contributed by atoms with Gasteiger partial charge in [0, 0.05) is 28.7 Å². The average Bonchev–Trinajstić information content (AvgIpc) is 3.24. The zero-order valence-corrected chi connectivity index (χ0v) is 16.0. The standard InChI is InChI=1S/C21H21ClN2O3/c1-12(22)20-8-7-16(25)24-10-9-21(19(20)24)14-5-3-4-6-15(14)23-17(21)13(11-20)18(26)27-2/h3-8,12,19,23H,9-11H2,1-2H3/t12?,19-,20+,21-/m0/s1. The quantitative estimate of drug-likeness (QED) is 0.629. The number of fused-ring (bicyclic) bond motifs is 1. The van der Waals surface area contributed by atoms with Crippen molar-refractivity contribution in [3.63, 3.8) is 0 Å². The maximum atomic E-state index is 12.8. The number of benzene rings is 1. The van der Waals surface area contributed by atoms with Crippen molar-refractivity contribution in [2.45, 2.75) is 36.6 Å². The summed E-state index contributed by atoms with van der Waals surface area (Å²) in [7, 11) is 1.41. The lowest BCUT2D eigenvalue weighted by Gasteiger charge is -2.54. The van der Waals surface area contributed by atoms with Gasteiger partial charge in [-0.1, -0.05) is 24.3 Å². The molecule has 6 heteroatoms. The molecule has 3 heterocycles. The van der Waals surface area contributed by atoms with Gasteiger partial charge in [-0.25, -0.2) is 4.79 Å². The number of rotatable bonds is 2. The van der Waals surface area contributed by atoms with Crippen molar-refractivity contribution in [2.24, 2.45) is 5.41 Å². The highest BCUT2D eigenvalue weighted by atomic mass is 35.5. The molecule has 0 bridgehead atoms. The van der Waals surface area contributed by atoms with Crippen LogP contribution in [0.1, 0.15) is 25.3 Å². The topological polar surface area (TPSA) is 58.6 Å². The Hall–Kier alpha value is -2.27. The van der Waals surface area contributed by atoms with E-state index in [1.54, 1.807) is 6.08 Å². The molecule has 1 fully saturated rings. The van der Waals surface area contributed by atoms with Crippen LogP contribution in [0.25, 0.3) is 0 Å². The highest BCUT2D eigenvalue weighted by Gasteiger charge is 2.68. The van der Waals surface area contributed by atoms with Gasteiger partial charge in [0.05, 0.1) is 24.1 Å². The number of esters is 1. The van der Waals surface area contributed by atoms with E-state index in [2.05, 4.69) is 11.4 Å². The Bertz CT molecular complexity index is 937.